The number of carbonyl (C=O) groups excluding carboxylic acids is 1. The maximum atomic E-state index is 11.5. The maximum Gasteiger partial charge on any atom is 0.184 e. The molecule has 3 aromatic rings. The minimum absolute atomic E-state index is 0.200. The van der Waals surface area contributed by atoms with Gasteiger partial charge in [0, 0.05) is 17.5 Å². The zero-order valence-electron chi connectivity index (χ0n) is 18.4. The van der Waals surface area contributed by atoms with Gasteiger partial charge in [0.2, 0.25) is 0 Å². The molecule has 2 aliphatic rings. The number of fused-ring (bicyclic) bond motifs is 1. The number of methoxy groups -OCH3 is 1. The molecule has 0 saturated carbocycles. The second-order valence-corrected chi connectivity index (χ2v) is 8.10. The van der Waals surface area contributed by atoms with Crippen molar-refractivity contribution in [3.63, 3.8) is 0 Å². The van der Waals surface area contributed by atoms with Gasteiger partial charge in [-0.25, -0.2) is 0 Å². The van der Waals surface area contributed by atoms with Crippen LogP contribution in [0.15, 0.2) is 72.8 Å². The van der Waals surface area contributed by atoms with E-state index in [1.165, 1.54) is 0 Å². The molecule has 0 N–H and O–H groups in total. The lowest BCUT2D eigenvalue weighted by Gasteiger charge is -2.43. The fourth-order valence-corrected chi connectivity index (χ4v) is 4.39. The highest BCUT2D eigenvalue weighted by molar-refractivity contribution is 5.88. The van der Waals surface area contributed by atoms with Crippen molar-refractivity contribution in [2.24, 2.45) is 0 Å². The molecule has 4 atom stereocenters. The molecule has 2 aliphatic heterocycles. The number of rotatable bonds is 6. The predicted octanol–water partition coefficient (Wildman–Crippen LogP) is 4.83. The quantitative estimate of drug-likeness (QED) is 0.506. The van der Waals surface area contributed by atoms with Crippen LogP contribution in [0.1, 0.15) is 28.6 Å². The first-order valence-electron chi connectivity index (χ1n) is 11.1. The van der Waals surface area contributed by atoms with E-state index in [-0.39, 0.29) is 18.3 Å². The molecule has 5 rings (SSSR count). The second kappa shape index (κ2) is 9.75. The standard InChI is InChI=1S/C27H26O6/c1-29-22-12-11-19(21-10-6-5-9-20(21)16-28)15-24(22)32-23-13-14-30-25-17-31-27(33-26(23)25)18-7-3-2-4-8-18/h2-12,15-16,23,25-27H,13-14,17H2,1H3. The summed E-state index contributed by atoms with van der Waals surface area (Å²) in [5.41, 5.74) is 3.31. The van der Waals surface area contributed by atoms with Crippen LogP contribution in [0.25, 0.3) is 11.1 Å². The SMILES string of the molecule is COc1ccc(-c2ccccc2C=O)cc1OC1CCOC2COC(c3ccccc3)OC21. The van der Waals surface area contributed by atoms with Gasteiger partial charge in [0.05, 0.1) is 20.3 Å². The fourth-order valence-electron chi connectivity index (χ4n) is 4.39. The summed E-state index contributed by atoms with van der Waals surface area (Å²) in [7, 11) is 1.62. The lowest BCUT2D eigenvalue weighted by atomic mass is 9.99. The number of hydrogen-bond acceptors (Lipinski definition) is 6. The van der Waals surface area contributed by atoms with Gasteiger partial charge in [0.1, 0.15) is 18.3 Å². The summed E-state index contributed by atoms with van der Waals surface area (Å²) in [6, 6.07) is 23.1. The largest absolute Gasteiger partial charge is 0.493 e. The molecule has 2 saturated heterocycles. The second-order valence-electron chi connectivity index (χ2n) is 8.10. The van der Waals surface area contributed by atoms with Crippen molar-refractivity contribution < 1.29 is 28.5 Å². The minimum atomic E-state index is -0.465. The van der Waals surface area contributed by atoms with Crippen LogP contribution in [-0.2, 0) is 14.2 Å². The fraction of sp³-hybridized carbons (Fsp3) is 0.296. The van der Waals surface area contributed by atoms with E-state index in [1.54, 1.807) is 13.2 Å². The van der Waals surface area contributed by atoms with Gasteiger partial charge in [-0.15, -0.1) is 0 Å². The molecule has 6 nitrogen and oxygen atoms in total. The predicted molar refractivity (Wildman–Crippen MR) is 123 cm³/mol. The molecule has 2 heterocycles. The van der Waals surface area contributed by atoms with Crippen molar-refractivity contribution in [1.82, 2.24) is 0 Å². The number of carbonyl (C=O) groups is 1. The van der Waals surface area contributed by atoms with Crippen molar-refractivity contribution in [3.05, 3.63) is 83.9 Å². The third-order valence-corrected chi connectivity index (χ3v) is 6.07. The molecule has 0 aliphatic carbocycles. The molecule has 0 spiro atoms. The zero-order valence-corrected chi connectivity index (χ0v) is 18.4. The van der Waals surface area contributed by atoms with E-state index < -0.39 is 6.29 Å². The molecule has 33 heavy (non-hydrogen) atoms. The average Bonchev–Trinajstić information content (AvgIpc) is 2.89. The molecule has 0 amide bonds. The summed E-state index contributed by atoms with van der Waals surface area (Å²) in [6.07, 6.45) is 0.364. The summed E-state index contributed by atoms with van der Waals surface area (Å²) in [6.45, 7) is 0.999. The molecule has 4 unspecified atom stereocenters. The number of aldehydes is 1. The first kappa shape index (κ1) is 21.6. The Morgan fingerprint density at radius 2 is 1.76 bits per heavy atom. The maximum absolute atomic E-state index is 11.5. The lowest BCUT2D eigenvalue weighted by molar-refractivity contribution is -0.295. The van der Waals surface area contributed by atoms with E-state index in [2.05, 4.69) is 0 Å². The molecule has 6 heteroatoms. The Kier molecular flexibility index (Phi) is 6.39. The van der Waals surface area contributed by atoms with Gasteiger partial charge in [-0.3, -0.25) is 4.79 Å². The van der Waals surface area contributed by atoms with Crippen LogP contribution in [0, 0.1) is 0 Å². The molecule has 0 radical (unpaired) electrons. The Bertz CT molecular complexity index is 1100. The highest BCUT2D eigenvalue weighted by Gasteiger charge is 2.42. The molecule has 3 aromatic carbocycles. The van der Waals surface area contributed by atoms with Crippen molar-refractivity contribution >= 4 is 6.29 Å². The van der Waals surface area contributed by atoms with Gasteiger partial charge in [-0.05, 0) is 23.3 Å². The number of ether oxygens (including phenoxy) is 5. The third kappa shape index (κ3) is 4.50. The highest BCUT2D eigenvalue weighted by Crippen LogP contribution is 2.38. The van der Waals surface area contributed by atoms with Crippen LogP contribution in [0.3, 0.4) is 0 Å². The summed E-state index contributed by atoms with van der Waals surface area (Å²) in [4.78, 5) is 11.5. The van der Waals surface area contributed by atoms with Crippen LogP contribution < -0.4 is 9.47 Å². The van der Waals surface area contributed by atoms with E-state index in [0.717, 1.165) is 23.0 Å². The van der Waals surface area contributed by atoms with E-state index in [1.807, 2.05) is 66.7 Å². The summed E-state index contributed by atoms with van der Waals surface area (Å²) >= 11 is 0. The Hall–Kier alpha value is -3.19. The zero-order chi connectivity index (χ0) is 22.6. The molecule has 0 aromatic heterocycles. The number of hydrogen-bond donors (Lipinski definition) is 0. The van der Waals surface area contributed by atoms with Gasteiger partial charge < -0.3 is 23.7 Å². The van der Waals surface area contributed by atoms with Gasteiger partial charge in [0.15, 0.2) is 24.1 Å². The Labute approximate surface area is 193 Å². The van der Waals surface area contributed by atoms with Crippen LogP contribution in [0.2, 0.25) is 0 Å². The van der Waals surface area contributed by atoms with Gasteiger partial charge >= 0.3 is 0 Å². The molecule has 0 bridgehead atoms. The Balaban J connectivity index is 1.42. The molecule has 2 fully saturated rings. The van der Waals surface area contributed by atoms with Crippen molar-refractivity contribution in [2.75, 3.05) is 20.3 Å². The third-order valence-electron chi connectivity index (χ3n) is 6.07. The normalized spacial score (nSPS) is 24.5. The topological polar surface area (TPSA) is 63.2 Å². The van der Waals surface area contributed by atoms with Crippen molar-refractivity contribution in [2.45, 2.75) is 31.0 Å². The molecular weight excluding hydrogens is 420 g/mol. The van der Waals surface area contributed by atoms with Crippen LogP contribution >= 0.6 is 0 Å². The van der Waals surface area contributed by atoms with Crippen LogP contribution in [0.4, 0.5) is 0 Å². The average molecular weight is 446 g/mol. The van der Waals surface area contributed by atoms with Crippen molar-refractivity contribution in [1.29, 1.82) is 0 Å². The summed E-state index contributed by atoms with van der Waals surface area (Å²) < 4.78 is 30.2. The lowest BCUT2D eigenvalue weighted by Crippen LogP contribution is -2.54. The number of benzene rings is 3. The van der Waals surface area contributed by atoms with Crippen molar-refractivity contribution in [3.8, 4) is 22.6 Å². The highest BCUT2D eigenvalue weighted by atomic mass is 16.7. The Morgan fingerprint density at radius 3 is 2.58 bits per heavy atom. The Morgan fingerprint density at radius 1 is 0.939 bits per heavy atom. The van der Waals surface area contributed by atoms with Gasteiger partial charge in [-0.2, -0.15) is 0 Å². The first-order chi connectivity index (χ1) is 16.3. The molecule has 170 valence electrons. The minimum Gasteiger partial charge on any atom is -0.493 e. The smallest absolute Gasteiger partial charge is 0.184 e. The van der Waals surface area contributed by atoms with E-state index >= 15 is 0 Å². The van der Waals surface area contributed by atoms with E-state index in [4.69, 9.17) is 23.7 Å². The summed E-state index contributed by atoms with van der Waals surface area (Å²) in [5, 5.41) is 0. The van der Waals surface area contributed by atoms with Gasteiger partial charge in [-0.1, -0.05) is 60.7 Å². The van der Waals surface area contributed by atoms with Gasteiger partial charge in [0.25, 0.3) is 0 Å². The summed E-state index contributed by atoms with van der Waals surface area (Å²) in [5.74, 6) is 1.23. The first-order valence-corrected chi connectivity index (χ1v) is 11.1. The molecular formula is C27H26O6. The van der Waals surface area contributed by atoms with E-state index in [0.29, 0.717) is 36.7 Å². The van der Waals surface area contributed by atoms with E-state index in [9.17, 15) is 4.79 Å². The monoisotopic (exact) mass is 446 g/mol. The van der Waals surface area contributed by atoms with Crippen LogP contribution in [-0.4, -0.2) is 44.9 Å². The van der Waals surface area contributed by atoms with Crippen LogP contribution in [0.5, 0.6) is 11.5 Å².